The van der Waals surface area contributed by atoms with E-state index in [2.05, 4.69) is 84.7 Å². The minimum absolute atomic E-state index is 0.121. The molecule has 1 aliphatic heterocycles. The summed E-state index contributed by atoms with van der Waals surface area (Å²) in [5, 5.41) is 11.6. The Kier molecular flexibility index (Phi) is 7.97. The zero-order valence-electron chi connectivity index (χ0n) is 25.3. The number of anilines is 2. The third-order valence-electron chi connectivity index (χ3n) is 7.89. The molecule has 0 unspecified atom stereocenters. The van der Waals surface area contributed by atoms with Gasteiger partial charge in [-0.15, -0.1) is 4.68 Å². The van der Waals surface area contributed by atoms with Crippen LogP contribution in [-0.2, 0) is 16.7 Å². The fourth-order valence-corrected chi connectivity index (χ4v) is 5.38. The van der Waals surface area contributed by atoms with Crippen molar-refractivity contribution in [2.45, 2.75) is 39.7 Å². The molecule has 43 heavy (non-hydrogen) atoms. The molecule has 1 aliphatic rings. The van der Waals surface area contributed by atoms with Gasteiger partial charge in [0.1, 0.15) is 0 Å². The third kappa shape index (κ3) is 6.45. The average molecular weight is 576 g/mol. The summed E-state index contributed by atoms with van der Waals surface area (Å²) in [4.78, 5) is 20.5. The Morgan fingerprint density at radius 3 is 2.40 bits per heavy atom. The van der Waals surface area contributed by atoms with Crippen LogP contribution in [0.4, 0.5) is 16.3 Å². The molecule has 0 saturated carbocycles. The van der Waals surface area contributed by atoms with E-state index in [9.17, 15) is 4.79 Å². The van der Waals surface area contributed by atoms with Crippen molar-refractivity contribution in [2.24, 2.45) is 0 Å². The van der Waals surface area contributed by atoms with Crippen molar-refractivity contribution >= 4 is 28.3 Å². The molecule has 0 spiro atoms. The van der Waals surface area contributed by atoms with Crippen molar-refractivity contribution in [2.75, 3.05) is 36.9 Å². The summed E-state index contributed by atoms with van der Waals surface area (Å²) in [6.07, 6.45) is 1.94. The van der Waals surface area contributed by atoms with E-state index in [-0.39, 0.29) is 11.4 Å². The molecule has 0 atom stereocenters. The monoisotopic (exact) mass is 575 g/mol. The summed E-state index contributed by atoms with van der Waals surface area (Å²) in [6, 6.07) is 26.3. The highest BCUT2D eigenvalue weighted by molar-refractivity contribution is 6.09. The van der Waals surface area contributed by atoms with Gasteiger partial charge in [0.15, 0.2) is 5.69 Å². The van der Waals surface area contributed by atoms with Crippen LogP contribution in [0.15, 0.2) is 85.1 Å². The van der Waals surface area contributed by atoms with Gasteiger partial charge in [0.2, 0.25) is 0 Å². The quantitative estimate of drug-likeness (QED) is 0.200. The summed E-state index contributed by atoms with van der Waals surface area (Å²) in [7, 11) is 0. The summed E-state index contributed by atoms with van der Waals surface area (Å²) < 4.78 is 7.38. The van der Waals surface area contributed by atoms with Crippen LogP contribution in [0.5, 0.6) is 0 Å². The Balaban J connectivity index is 1.24. The van der Waals surface area contributed by atoms with Crippen molar-refractivity contribution in [3.8, 4) is 16.8 Å². The Hall–Kier alpha value is -4.53. The fraction of sp³-hybridized carbons (Fsp3) is 0.286. The lowest BCUT2D eigenvalue weighted by Crippen LogP contribution is -2.38. The molecule has 2 amide bonds. The van der Waals surface area contributed by atoms with Gasteiger partial charge in [-0.2, -0.15) is 5.32 Å². The lowest BCUT2D eigenvalue weighted by atomic mass is 9.92. The number of nitrogens with zero attached hydrogens (tertiary/aromatic N) is 3. The van der Waals surface area contributed by atoms with Crippen LogP contribution in [-0.4, -0.2) is 47.3 Å². The van der Waals surface area contributed by atoms with Gasteiger partial charge in [0.25, 0.3) is 0 Å². The summed E-state index contributed by atoms with van der Waals surface area (Å²) >= 11 is 0. The second-order valence-electron chi connectivity index (χ2n) is 12.2. The molecule has 2 aromatic heterocycles. The minimum atomic E-state index is -0.313. The van der Waals surface area contributed by atoms with E-state index >= 15 is 0 Å². The van der Waals surface area contributed by atoms with Crippen molar-refractivity contribution in [1.82, 2.24) is 15.0 Å². The number of nitrogens with one attached hydrogen (secondary N) is 3. The summed E-state index contributed by atoms with van der Waals surface area (Å²) in [5.74, 6) is 0.662. The molecular weight excluding hydrogens is 536 g/mol. The highest BCUT2D eigenvalue weighted by Gasteiger charge is 2.26. The number of aryl methyl sites for hydroxylation is 1. The maximum absolute atomic E-state index is 13.4. The normalized spacial score (nSPS) is 14.1. The van der Waals surface area contributed by atoms with Gasteiger partial charge in [-0.1, -0.05) is 74.9 Å². The molecule has 3 aromatic carbocycles. The van der Waals surface area contributed by atoms with Crippen molar-refractivity contribution in [1.29, 1.82) is 0 Å². The molecule has 8 heteroatoms. The fourth-order valence-electron chi connectivity index (χ4n) is 5.38. The largest absolute Gasteiger partial charge is 0.411 e. The second-order valence-corrected chi connectivity index (χ2v) is 12.2. The number of morpholine rings is 1. The minimum Gasteiger partial charge on any atom is -0.379 e. The molecular formula is C35H39N6O2+. The van der Waals surface area contributed by atoms with Crippen LogP contribution in [0.1, 0.15) is 37.7 Å². The first kappa shape index (κ1) is 28.6. The number of carbonyl (C=O) groups is 1. The third-order valence-corrected chi connectivity index (χ3v) is 7.89. The maximum atomic E-state index is 13.4. The molecule has 0 aliphatic carbocycles. The van der Waals surface area contributed by atoms with Crippen LogP contribution in [0, 0.1) is 6.92 Å². The molecule has 8 nitrogen and oxygen atoms in total. The number of pyridine rings is 1. The van der Waals surface area contributed by atoms with E-state index < -0.39 is 0 Å². The smallest absolute Gasteiger partial charge is 0.379 e. The number of hydrogen-bond acceptors (Lipinski definition) is 4. The Morgan fingerprint density at radius 2 is 1.70 bits per heavy atom. The van der Waals surface area contributed by atoms with E-state index in [0.29, 0.717) is 5.82 Å². The van der Waals surface area contributed by atoms with Gasteiger partial charge in [0, 0.05) is 42.2 Å². The van der Waals surface area contributed by atoms with Gasteiger partial charge < -0.3 is 4.74 Å². The van der Waals surface area contributed by atoms with Crippen molar-refractivity contribution in [3.05, 3.63) is 102 Å². The van der Waals surface area contributed by atoms with Gasteiger partial charge in [-0.25, -0.2) is 9.89 Å². The maximum Gasteiger partial charge on any atom is 0.411 e. The topological polar surface area (TPSA) is 86.2 Å². The number of benzene rings is 3. The number of aromatic nitrogens is 3. The highest BCUT2D eigenvalue weighted by atomic mass is 16.5. The predicted octanol–water partition coefficient (Wildman–Crippen LogP) is 6.59. The van der Waals surface area contributed by atoms with Crippen LogP contribution in [0.2, 0.25) is 0 Å². The highest BCUT2D eigenvalue weighted by Crippen LogP contribution is 2.33. The number of amides is 2. The van der Waals surface area contributed by atoms with Crippen LogP contribution < -0.4 is 15.3 Å². The summed E-state index contributed by atoms with van der Waals surface area (Å²) in [6.45, 7) is 12.7. The Bertz CT molecular complexity index is 1730. The number of urea groups is 1. The Labute approximate surface area is 252 Å². The first-order chi connectivity index (χ1) is 20.7. The number of carbonyl (C=O) groups excluding carboxylic acids is 1. The van der Waals surface area contributed by atoms with Gasteiger partial charge in [-0.05, 0) is 42.1 Å². The molecule has 5 aromatic rings. The van der Waals surface area contributed by atoms with Crippen molar-refractivity contribution < 1.29 is 14.2 Å². The number of ether oxygens (including phenoxy) is 1. The van der Waals surface area contributed by atoms with Crippen LogP contribution in [0.25, 0.3) is 27.6 Å². The molecule has 6 rings (SSSR count). The SMILES string of the molecule is Cc1ccc(-[n+]2[nH]c(C(C)(C)C)cc2NC(=O)Nc2ccc(-c3ccc(CN4CCOCC4)nc3)c3ccccc23)cc1. The number of aromatic amines is 1. The first-order valence-corrected chi connectivity index (χ1v) is 14.8. The molecule has 0 radical (unpaired) electrons. The molecule has 1 saturated heterocycles. The zero-order chi connectivity index (χ0) is 30.0. The predicted molar refractivity (Wildman–Crippen MR) is 172 cm³/mol. The number of hydrogen-bond donors (Lipinski definition) is 3. The molecule has 1 fully saturated rings. The number of H-pyrrole nitrogens is 1. The molecule has 3 N–H and O–H groups in total. The van der Waals surface area contributed by atoms with E-state index in [4.69, 9.17) is 9.72 Å². The first-order valence-electron chi connectivity index (χ1n) is 14.8. The van der Waals surface area contributed by atoms with Crippen molar-refractivity contribution in [3.63, 3.8) is 0 Å². The lowest BCUT2D eigenvalue weighted by molar-refractivity contribution is -0.641. The van der Waals surface area contributed by atoms with E-state index in [0.717, 1.165) is 77.5 Å². The van der Waals surface area contributed by atoms with Crippen LogP contribution >= 0.6 is 0 Å². The lowest BCUT2D eigenvalue weighted by Gasteiger charge is -2.26. The standard InChI is InChI=1S/C35H38N6O2/c1-24-9-13-27(14-10-24)41-33(21-32(39-41)35(2,3)4)38-34(42)37-31-16-15-28(29-7-5-6-8-30(29)31)25-11-12-26(36-22-25)23-40-17-19-43-20-18-40/h5-16,21-22H,17-20,23H2,1-4H3,(H2,37,38,39,42)/p+1. The van der Waals surface area contributed by atoms with E-state index in [1.807, 2.05) is 53.3 Å². The van der Waals surface area contributed by atoms with Gasteiger partial charge >= 0.3 is 11.8 Å². The zero-order valence-corrected chi connectivity index (χ0v) is 25.3. The van der Waals surface area contributed by atoms with Crippen LogP contribution in [0.3, 0.4) is 0 Å². The Morgan fingerprint density at radius 1 is 0.953 bits per heavy atom. The second kappa shape index (κ2) is 12.0. The number of rotatable bonds is 6. The molecule has 3 heterocycles. The number of fused-ring (bicyclic) bond motifs is 1. The van der Waals surface area contributed by atoms with Gasteiger partial charge in [0.05, 0.1) is 36.4 Å². The molecule has 0 bridgehead atoms. The molecule has 220 valence electrons. The van der Waals surface area contributed by atoms with E-state index in [1.165, 1.54) is 5.56 Å². The van der Waals surface area contributed by atoms with Gasteiger partial charge in [-0.3, -0.25) is 15.2 Å². The average Bonchev–Trinajstić information content (AvgIpc) is 3.43. The summed E-state index contributed by atoms with van der Waals surface area (Å²) in [5.41, 5.74) is 6.91. The van der Waals surface area contributed by atoms with E-state index in [1.54, 1.807) is 0 Å².